The van der Waals surface area contributed by atoms with Gasteiger partial charge in [0.2, 0.25) is 17.7 Å². The molecule has 1 aliphatic heterocycles. The van der Waals surface area contributed by atoms with Crippen LogP contribution >= 0.6 is 0 Å². The lowest BCUT2D eigenvalue weighted by Gasteiger charge is -2.43. The minimum Gasteiger partial charge on any atom is -0.354 e. The van der Waals surface area contributed by atoms with Crippen molar-refractivity contribution in [3.8, 4) is 0 Å². The van der Waals surface area contributed by atoms with Crippen LogP contribution in [-0.4, -0.2) is 41.8 Å². The maximum absolute atomic E-state index is 12.7. The standard InChI is InChI=1S/C21H29N3O3/c22-18-13-2-1-3-14(18)10-15(9-13)19(25)23-6-7-24-20(26)16-11-4-5-12(8-11)17(16)21(24)27/h4-5,11-18H,1-3,6-10,22H2,(H,23,25). The molecule has 5 rings (SSSR count). The number of allylic oxidation sites excluding steroid dienone is 2. The minimum absolute atomic E-state index is 0.0320. The summed E-state index contributed by atoms with van der Waals surface area (Å²) in [6, 6.07) is 0.256. The van der Waals surface area contributed by atoms with Crippen LogP contribution in [0.3, 0.4) is 0 Å². The van der Waals surface area contributed by atoms with Crippen LogP contribution in [0.5, 0.6) is 0 Å². The molecule has 0 aromatic rings. The molecule has 1 heterocycles. The Balaban J connectivity index is 1.15. The lowest BCUT2D eigenvalue weighted by atomic mass is 9.65. The van der Waals surface area contributed by atoms with Gasteiger partial charge in [0.05, 0.1) is 11.8 Å². The highest BCUT2D eigenvalue weighted by molar-refractivity contribution is 6.06. The molecular formula is C21H29N3O3. The fraction of sp³-hybridized carbons (Fsp3) is 0.762. The molecule has 0 radical (unpaired) electrons. The fourth-order valence-corrected chi connectivity index (χ4v) is 6.62. The topological polar surface area (TPSA) is 92.5 Å². The summed E-state index contributed by atoms with van der Waals surface area (Å²) in [7, 11) is 0. The van der Waals surface area contributed by atoms with Crippen molar-refractivity contribution >= 4 is 17.7 Å². The van der Waals surface area contributed by atoms with Gasteiger partial charge in [0.15, 0.2) is 0 Å². The van der Waals surface area contributed by atoms with E-state index >= 15 is 0 Å². The number of fused-ring (bicyclic) bond motifs is 7. The molecule has 4 bridgehead atoms. The van der Waals surface area contributed by atoms with Gasteiger partial charge in [-0.3, -0.25) is 19.3 Å². The zero-order chi connectivity index (χ0) is 18.7. The van der Waals surface area contributed by atoms with E-state index in [1.54, 1.807) is 0 Å². The third kappa shape index (κ3) is 2.67. The van der Waals surface area contributed by atoms with Gasteiger partial charge in [-0.15, -0.1) is 0 Å². The number of imide groups is 1. The smallest absolute Gasteiger partial charge is 0.233 e. The van der Waals surface area contributed by atoms with Crippen molar-refractivity contribution < 1.29 is 14.4 Å². The Morgan fingerprint density at radius 3 is 2.22 bits per heavy atom. The second kappa shape index (κ2) is 6.43. The molecule has 0 spiro atoms. The van der Waals surface area contributed by atoms with Gasteiger partial charge in [-0.2, -0.15) is 0 Å². The average molecular weight is 371 g/mol. The van der Waals surface area contributed by atoms with E-state index in [0.717, 1.165) is 32.1 Å². The first-order valence-electron chi connectivity index (χ1n) is 10.6. The number of likely N-dealkylation sites (tertiary alicyclic amines) is 1. The van der Waals surface area contributed by atoms with Gasteiger partial charge in [-0.25, -0.2) is 0 Å². The van der Waals surface area contributed by atoms with Crippen LogP contribution in [0.15, 0.2) is 12.2 Å². The van der Waals surface area contributed by atoms with Crippen LogP contribution in [-0.2, 0) is 14.4 Å². The van der Waals surface area contributed by atoms with Gasteiger partial charge >= 0.3 is 0 Å². The van der Waals surface area contributed by atoms with Crippen LogP contribution in [0.2, 0.25) is 0 Å². The van der Waals surface area contributed by atoms with Crippen LogP contribution < -0.4 is 11.1 Å². The number of nitrogens with zero attached hydrogens (tertiary/aromatic N) is 1. The number of nitrogens with one attached hydrogen (secondary N) is 1. The normalized spacial score (nSPS) is 44.7. The lowest BCUT2D eigenvalue weighted by Crippen LogP contribution is -2.49. The molecule has 3 amide bonds. The molecule has 27 heavy (non-hydrogen) atoms. The van der Waals surface area contributed by atoms with Crippen molar-refractivity contribution in [2.75, 3.05) is 13.1 Å². The third-order valence-corrected chi connectivity index (χ3v) is 7.98. The number of rotatable bonds is 4. The number of carbonyl (C=O) groups excluding carboxylic acids is 3. The molecule has 4 fully saturated rings. The Kier molecular flexibility index (Phi) is 4.15. The van der Waals surface area contributed by atoms with Crippen molar-refractivity contribution in [1.82, 2.24) is 10.2 Å². The first kappa shape index (κ1) is 17.4. The van der Waals surface area contributed by atoms with Crippen molar-refractivity contribution in [3.05, 3.63) is 12.2 Å². The van der Waals surface area contributed by atoms with Crippen molar-refractivity contribution in [2.45, 2.75) is 44.6 Å². The zero-order valence-electron chi connectivity index (χ0n) is 15.7. The van der Waals surface area contributed by atoms with Gasteiger partial charge in [-0.05, 0) is 55.8 Å². The van der Waals surface area contributed by atoms with E-state index in [-0.39, 0.29) is 53.4 Å². The monoisotopic (exact) mass is 371 g/mol. The van der Waals surface area contributed by atoms with Crippen LogP contribution in [0, 0.1) is 41.4 Å². The van der Waals surface area contributed by atoms with Crippen molar-refractivity contribution in [3.63, 3.8) is 0 Å². The van der Waals surface area contributed by atoms with E-state index in [2.05, 4.69) is 17.5 Å². The Morgan fingerprint density at radius 2 is 1.63 bits per heavy atom. The quantitative estimate of drug-likeness (QED) is 0.571. The van der Waals surface area contributed by atoms with Gasteiger partial charge < -0.3 is 11.1 Å². The molecule has 5 aliphatic rings. The number of carbonyl (C=O) groups is 3. The van der Waals surface area contributed by atoms with Gasteiger partial charge in [0.25, 0.3) is 0 Å². The van der Waals surface area contributed by atoms with E-state index in [1.165, 1.54) is 11.3 Å². The summed E-state index contributed by atoms with van der Waals surface area (Å²) >= 11 is 0. The number of hydrogen-bond donors (Lipinski definition) is 2. The largest absolute Gasteiger partial charge is 0.354 e. The Morgan fingerprint density at radius 1 is 1.04 bits per heavy atom. The summed E-state index contributed by atoms with van der Waals surface area (Å²) < 4.78 is 0. The Hall–Kier alpha value is -1.69. The van der Waals surface area contributed by atoms with Crippen LogP contribution in [0.4, 0.5) is 0 Å². The van der Waals surface area contributed by atoms with Crippen LogP contribution in [0.1, 0.15) is 38.5 Å². The molecule has 3 saturated carbocycles. The summed E-state index contributed by atoms with van der Waals surface area (Å²) in [4.78, 5) is 39.4. The number of hydrogen-bond acceptors (Lipinski definition) is 4. The molecule has 4 aliphatic carbocycles. The fourth-order valence-electron chi connectivity index (χ4n) is 6.62. The molecular weight excluding hydrogens is 342 g/mol. The summed E-state index contributed by atoms with van der Waals surface area (Å²) in [5.74, 6) is 1.15. The molecule has 6 atom stereocenters. The summed E-state index contributed by atoms with van der Waals surface area (Å²) in [5, 5.41) is 2.99. The lowest BCUT2D eigenvalue weighted by molar-refractivity contribution is -0.141. The maximum Gasteiger partial charge on any atom is 0.233 e. The first-order chi connectivity index (χ1) is 13.0. The molecule has 6 heteroatoms. The summed E-state index contributed by atoms with van der Waals surface area (Å²) in [6.07, 6.45) is 10.4. The second-order valence-corrected chi connectivity index (χ2v) is 9.32. The SMILES string of the molecule is NC1C2CCCC1CC(C(=O)NCCN1C(=O)C3C4C=CC(C4)C3C1=O)C2. The van der Waals surface area contributed by atoms with Crippen LogP contribution in [0.25, 0.3) is 0 Å². The van der Waals surface area contributed by atoms with E-state index in [0.29, 0.717) is 24.9 Å². The van der Waals surface area contributed by atoms with Gasteiger partial charge in [-0.1, -0.05) is 18.6 Å². The summed E-state index contributed by atoms with van der Waals surface area (Å²) in [6.45, 7) is 0.658. The van der Waals surface area contributed by atoms with E-state index in [1.807, 2.05) is 0 Å². The van der Waals surface area contributed by atoms with E-state index in [4.69, 9.17) is 5.73 Å². The molecule has 3 N–H and O–H groups in total. The molecule has 0 aromatic carbocycles. The predicted molar refractivity (Wildman–Crippen MR) is 99.0 cm³/mol. The summed E-state index contributed by atoms with van der Waals surface area (Å²) in [5.41, 5.74) is 6.31. The Bertz CT molecular complexity index is 661. The maximum atomic E-state index is 12.7. The highest BCUT2D eigenvalue weighted by atomic mass is 16.2. The third-order valence-electron chi connectivity index (χ3n) is 7.98. The molecule has 1 saturated heterocycles. The highest BCUT2D eigenvalue weighted by Gasteiger charge is 2.59. The number of nitrogens with two attached hydrogens (primary N) is 1. The van der Waals surface area contributed by atoms with Gasteiger partial charge in [0, 0.05) is 25.0 Å². The van der Waals surface area contributed by atoms with Gasteiger partial charge in [0.1, 0.15) is 0 Å². The van der Waals surface area contributed by atoms with Crippen molar-refractivity contribution in [1.29, 1.82) is 0 Å². The second-order valence-electron chi connectivity index (χ2n) is 9.32. The number of amides is 3. The van der Waals surface area contributed by atoms with E-state index in [9.17, 15) is 14.4 Å². The molecule has 6 unspecified atom stereocenters. The molecule has 146 valence electrons. The van der Waals surface area contributed by atoms with Crippen molar-refractivity contribution in [2.24, 2.45) is 47.2 Å². The first-order valence-corrected chi connectivity index (χ1v) is 10.6. The Labute approximate surface area is 159 Å². The van der Waals surface area contributed by atoms with E-state index < -0.39 is 0 Å². The highest BCUT2D eigenvalue weighted by Crippen LogP contribution is 2.52. The minimum atomic E-state index is -0.151. The predicted octanol–water partition coefficient (Wildman–Crippen LogP) is 1.06. The molecule has 0 aromatic heterocycles. The zero-order valence-corrected chi connectivity index (χ0v) is 15.7. The average Bonchev–Trinajstić information content (AvgIpc) is 3.30. The molecule has 6 nitrogen and oxygen atoms in total.